The molecule has 0 saturated carbocycles. The van der Waals surface area contributed by atoms with E-state index in [0.717, 1.165) is 5.69 Å². The van der Waals surface area contributed by atoms with E-state index in [4.69, 9.17) is 13.9 Å². The van der Waals surface area contributed by atoms with E-state index in [1.54, 1.807) is 19.1 Å². The van der Waals surface area contributed by atoms with E-state index in [2.05, 4.69) is 9.97 Å². The zero-order chi connectivity index (χ0) is 18.7. The van der Waals surface area contributed by atoms with Crippen LogP contribution in [0, 0.1) is 6.92 Å². The van der Waals surface area contributed by atoms with Gasteiger partial charge in [-0.05, 0) is 32.0 Å². The molecular weight excluding hydrogens is 340 g/mol. The van der Waals surface area contributed by atoms with Gasteiger partial charge in [-0.1, -0.05) is 0 Å². The van der Waals surface area contributed by atoms with E-state index in [0.29, 0.717) is 22.4 Å². The number of ether oxygens (including phenoxy) is 2. The number of Topliss-reactive ketones (excluding diaryl/α,β-unsaturated/α-hetero) is 1. The number of ketones is 1. The fraction of sp³-hybridized carbons (Fsp3) is 0.222. The monoisotopic (exact) mass is 356 g/mol. The molecule has 0 atom stereocenters. The predicted octanol–water partition coefficient (Wildman–Crippen LogP) is 2.68. The van der Waals surface area contributed by atoms with E-state index in [9.17, 15) is 14.7 Å². The van der Waals surface area contributed by atoms with Crippen molar-refractivity contribution in [1.82, 2.24) is 9.97 Å². The van der Waals surface area contributed by atoms with Crippen molar-refractivity contribution < 1.29 is 28.6 Å². The van der Waals surface area contributed by atoms with E-state index < -0.39 is 5.97 Å². The first-order valence-corrected chi connectivity index (χ1v) is 7.87. The van der Waals surface area contributed by atoms with Gasteiger partial charge in [0.1, 0.15) is 0 Å². The molecule has 3 aromatic rings. The van der Waals surface area contributed by atoms with Crippen molar-refractivity contribution in [3.05, 3.63) is 47.6 Å². The summed E-state index contributed by atoms with van der Waals surface area (Å²) in [7, 11) is 0. The van der Waals surface area contributed by atoms with Crippen LogP contribution in [-0.4, -0.2) is 40.0 Å². The number of hydrogen-bond acceptors (Lipinski definition) is 8. The molecule has 0 spiro atoms. The second-order valence-electron chi connectivity index (χ2n) is 5.39. The number of fused-ring (bicyclic) bond motifs is 2. The Morgan fingerprint density at radius 1 is 1.35 bits per heavy atom. The lowest BCUT2D eigenvalue weighted by molar-refractivity contribution is 0.0488. The van der Waals surface area contributed by atoms with Gasteiger partial charge in [0.25, 0.3) is 5.76 Å². The topological polar surface area (TPSA) is 112 Å². The predicted molar refractivity (Wildman–Crippen MR) is 90.4 cm³/mol. The van der Waals surface area contributed by atoms with E-state index >= 15 is 0 Å². The molecular formula is C18H16N2O6. The van der Waals surface area contributed by atoms with Crippen LogP contribution in [0.1, 0.15) is 33.5 Å². The lowest BCUT2D eigenvalue weighted by atomic mass is 10.2. The van der Waals surface area contributed by atoms with Gasteiger partial charge in [0.05, 0.1) is 23.8 Å². The summed E-state index contributed by atoms with van der Waals surface area (Å²) < 4.78 is 14.9. The number of aryl methyl sites for hydroxylation is 1. The van der Waals surface area contributed by atoms with Crippen LogP contribution in [0.4, 0.5) is 0 Å². The minimum Gasteiger partial charge on any atom is -0.504 e. The Kier molecular flexibility index (Phi) is 4.83. The van der Waals surface area contributed by atoms with Crippen molar-refractivity contribution in [3.8, 4) is 11.6 Å². The SMILES string of the molecule is CCOC(=O)c1oc2cnccc2c1O.Cc1ccc2c(n1)OCC2=O. The largest absolute Gasteiger partial charge is 0.504 e. The van der Waals surface area contributed by atoms with Crippen molar-refractivity contribution in [3.63, 3.8) is 0 Å². The minimum atomic E-state index is -0.675. The first-order valence-electron chi connectivity index (χ1n) is 7.87. The van der Waals surface area contributed by atoms with Crippen LogP contribution in [0.3, 0.4) is 0 Å². The molecule has 4 rings (SSSR count). The minimum absolute atomic E-state index is 0.0208. The Morgan fingerprint density at radius 2 is 2.15 bits per heavy atom. The fourth-order valence-corrected chi connectivity index (χ4v) is 2.34. The number of aromatic hydroxyl groups is 1. The van der Waals surface area contributed by atoms with Gasteiger partial charge < -0.3 is 19.0 Å². The van der Waals surface area contributed by atoms with E-state index in [1.165, 1.54) is 12.4 Å². The molecule has 3 aromatic heterocycles. The van der Waals surface area contributed by atoms with E-state index in [1.807, 2.05) is 13.0 Å². The van der Waals surface area contributed by atoms with Crippen LogP contribution in [0.2, 0.25) is 0 Å². The zero-order valence-corrected chi connectivity index (χ0v) is 14.2. The summed E-state index contributed by atoms with van der Waals surface area (Å²) in [6.07, 6.45) is 2.93. The maximum Gasteiger partial charge on any atom is 0.378 e. The maximum atomic E-state index is 11.3. The first kappa shape index (κ1) is 17.4. The third kappa shape index (κ3) is 3.34. The third-order valence-electron chi connectivity index (χ3n) is 3.57. The lowest BCUT2D eigenvalue weighted by Gasteiger charge is -1.97. The Labute approximate surface area is 148 Å². The highest BCUT2D eigenvalue weighted by Crippen LogP contribution is 2.31. The number of carbonyl (C=O) groups excluding carboxylic acids is 2. The van der Waals surface area contributed by atoms with Gasteiger partial charge in [-0.15, -0.1) is 0 Å². The molecule has 0 radical (unpaired) electrons. The number of aromatic nitrogens is 2. The van der Waals surface area contributed by atoms with Crippen LogP contribution in [-0.2, 0) is 4.74 Å². The number of rotatable bonds is 2. The van der Waals surface area contributed by atoms with E-state index in [-0.39, 0.29) is 30.5 Å². The molecule has 8 heteroatoms. The summed E-state index contributed by atoms with van der Waals surface area (Å²) in [5, 5.41) is 10.1. The Hall–Kier alpha value is -3.42. The molecule has 0 aromatic carbocycles. The molecule has 26 heavy (non-hydrogen) atoms. The lowest BCUT2D eigenvalue weighted by Crippen LogP contribution is -2.02. The van der Waals surface area contributed by atoms with Crippen LogP contribution in [0.5, 0.6) is 11.6 Å². The van der Waals surface area contributed by atoms with Crippen LogP contribution >= 0.6 is 0 Å². The molecule has 0 saturated heterocycles. The molecule has 0 aliphatic carbocycles. The number of hydrogen-bond donors (Lipinski definition) is 1. The number of carbonyl (C=O) groups is 2. The molecule has 1 N–H and O–H groups in total. The average molecular weight is 356 g/mol. The molecule has 0 fully saturated rings. The van der Waals surface area contributed by atoms with Crippen LogP contribution < -0.4 is 4.74 Å². The number of furan rings is 1. The van der Waals surface area contributed by atoms with Gasteiger partial charge in [0.15, 0.2) is 17.9 Å². The second kappa shape index (κ2) is 7.22. The van der Waals surface area contributed by atoms with Crippen molar-refractivity contribution >= 4 is 22.7 Å². The molecule has 1 aliphatic heterocycles. The summed E-state index contributed by atoms with van der Waals surface area (Å²) in [5.74, 6) is -0.556. The van der Waals surface area contributed by atoms with Crippen molar-refractivity contribution in [1.29, 1.82) is 0 Å². The first-order chi connectivity index (χ1) is 12.5. The molecule has 134 valence electrons. The van der Waals surface area contributed by atoms with Gasteiger partial charge in [-0.2, -0.15) is 0 Å². The maximum absolute atomic E-state index is 11.3. The van der Waals surface area contributed by atoms with Crippen LogP contribution in [0.15, 0.2) is 35.0 Å². The highest BCUT2D eigenvalue weighted by Gasteiger charge is 2.22. The molecule has 0 unspecified atom stereocenters. The molecule has 4 heterocycles. The highest BCUT2D eigenvalue weighted by atomic mass is 16.5. The zero-order valence-electron chi connectivity index (χ0n) is 14.2. The Morgan fingerprint density at radius 3 is 2.88 bits per heavy atom. The van der Waals surface area contributed by atoms with Gasteiger partial charge in [0.2, 0.25) is 11.7 Å². The molecule has 0 amide bonds. The number of pyridine rings is 2. The molecule has 8 nitrogen and oxygen atoms in total. The molecule has 0 bridgehead atoms. The third-order valence-corrected chi connectivity index (χ3v) is 3.57. The number of esters is 1. The van der Waals surface area contributed by atoms with Gasteiger partial charge in [-0.3, -0.25) is 9.78 Å². The van der Waals surface area contributed by atoms with Gasteiger partial charge in [-0.25, -0.2) is 9.78 Å². The second-order valence-corrected chi connectivity index (χ2v) is 5.39. The standard InChI is InChI=1S/C10H9NO4.C8H7NO2/c1-2-14-10(13)9-8(12)6-3-4-11-5-7(6)15-9;1-5-2-3-6-7(10)4-11-8(6)9-5/h3-5,12H,2H2,1H3;2-3H,4H2,1H3. The van der Waals surface area contributed by atoms with Gasteiger partial charge in [0, 0.05) is 11.9 Å². The van der Waals surface area contributed by atoms with Crippen molar-refractivity contribution in [2.45, 2.75) is 13.8 Å². The summed E-state index contributed by atoms with van der Waals surface area (Å²) in [5.41, 5.74) is 1.84. The fourth-order valence-electron chi connectivity index (χ4n) is 2.34. The Bertz CT molecular complexity index is 979. The normalized spacial score (nSPS) is 12.2. The van der Waals surface area contributed by atoms with Crippen molar-refractivity contribution in [2.24, 2.45) is 0 Å². The highest BCUT2D eigenvalue weighted by molar-refractivity contribution is 6.01. The summed E-state index contributed by atoms with van der Waals surface area (Å²) in [4.78, 5) is 30.2. The Balaban J connectivity index is 0.000000158. The molecule has 1 aliphatic rings. The van der Waals surface area contributed by atoms with Crippen molar-refractivity contribution in [2.75, 3.05) is 13.2 Å². The summed E-state index contributed by atoms with van der Waals surface area (Å²) in [6, 6.07) is 5.13. The quantitative estimate of drug-likeness (QED) is 0.698. The summed E-state index contributed by atoms with van der Waals surface area (Å²) in [6.45, 7) is 3.92. The van der Waals surface area contributed by atoms with Crippen LogP contribution in [0.25, 0.3) is 11.0 Å². The van der Waals surface area contributed by atoms with Gasteiger partial charge >= 0.3 is 5.97 Å². The smallest absolute Gasteiger partial charge is 0.378 e. The summed E-state index contributed by atoms with van der Waals surface area (Å²) >= 11 is 0. The average Bonchev–Trinajstić information content (AvgIpc) is 3.16. The number of nitrogens with zero attached hydrogens (tertiary/aromatic N) is 2.